The lowest BCUT2D eigenvalue weighted by Gasteiger charge is -2.05. The summed E-state index contributed by atoms with van der Waals surface area (Å²) in [5.41, 5.74) is 1.92. The molecule has 0 fully saturated rings. The fourth-order valence-electron chi connectivity index (χ4n) is 1.63. The Hall–Kier alpha value is -2.01. The smallest absolute Gasteiger partial charge is 0.123 e. The predicted octanol–water partition coefficient (Wildman–Crippen LogP) is 1.76. The van der Waals surface area contributed by atoms with Gasteiger partial charge in [0.15, 0.2) is 0 Å². The quantitative estimate of drug-likeness (QED) is 0.819. The average molecular weight is 233 g/mol. The highest BCUT2D eigenvalue weighted by Gasteiger charge is 2.13. The highest BCUT2D eigenvalue weighted by atomic mass is 19.1. The fourth-order valence-corrected chi connectivity index (χ4v) is 1.63. The molecule has 4 nitrogen and oxygen atoms in total. The maximum absolute atomic E-state index is 12.9. The summed E-state index contributed by atoms with van der Waals surface area (Å²) in [6.45, 7) is 3.91. The van der Waals surface area contributed by atoms with E-state index < -0.39 is 0 Å². The minimum Gasteiger partial charge on any atom is -0.390 e. The van der Waals surface area contributed by atoms with E-state index in [9.17, 15) is 9.50 Å². The summed E-state index contributed by atoms with van der Waals surface area (Å²) in [6.07, 6.45) is 1.68. The van der Waals surface area contributed by atoms with Gasteiger partial charge in [-0.25, -0.2) is 9.07 Å². The van der Waals surface area contributed by atoms with E-state index in [2.05, 4.69) is 16.9 Å². The molecule has 5 heteroatoms. The maximum Gasteiger partial charge on any atom is 0.123 e. The van der Waals surface area contributed by atoms with E-state index in [1.165, 1.54) is 12.1 Å². The zero-order valence-electron chi connectivity index (χ0n) is 9.17. The zero-order chi connectivity index (χ0) is 12.3. The first-order valence-corrected chi connectivity index (χ1v) is 5.16. The fraction of sp³-hybridized carbons (Fsp3) is 0.167. The molecular formula is C12H12FN3O. The molecule has 0 spiro atoms. The van der Waals surface area contributed by atoms with Crippen molar-refractivity contribution < 1.29 is 9.50 Å². The van der Waals surface area contributed by atoms with Crippen molar-refractivity contribution in [2.45, 2.75) is 13.2 Å². The number of aliphatic hydroxyl groups is 1. The summed E-state index contributed by atoms with van der Waals surface area (Å²) in [5.74, 6) is -0.304. The third-order valence-corrected chi connectivity index (χ3v) is 2.37. The number of nitrogens with zero attached hydrogens (tertiary/aromatic N) is 3. The summed E-state index contributed by atoms with van der Waals surface area (Å²) in [7, 11) is 0. The van der Waals surface area contributed by atoms with E-state index in [1.54, 1.807) is 22.9 Å². The van der Waals surface area contributed by atoms with E-state index in [0.29, 0.717) is 17.9 Å². The van der Waals surface area contributed by atoms with Gasteiger partial charge in [0.1, 0.15) is 11.5 Å². The van der Waals surface area contributed by atoms with Gasteiger partial charge < -0.3 is 5.11 Å². The Morgan fingerprint density at radius 2 is 2.06 bits per heavy atom. The third kappa shape index (κ3) is 2.24. The summed E-state index contributed by atoms with van der Waals surface area (Å²) >= 11 is 0. The highest BCUT2D eigenvalue weighted by Crippen LogP contribution is 2.22. The minimum absolute atomic E-state index is 0.205. The molecule has 88 valence electrons. The monoisotopic (exact) mass is 233 g/mol. The third-order valence-electron chi connectivity index (χ3n) is 2.37. The molecule has 1 aromatic carbocycles. The van der Waals surface area contributed by atoms with Gasteiger partial charge in [0, 0.05) is 5.56 Å². The number of allylic oxidation sites excluding steroid dienone is 1. The topological polar surface area (TPSA) is 50.9 Å². The molecule has 0 bridgehead atoms. The van der Waals surface area contributed by atoms with E-state index in [0.717, 1.165) is 5.56 Å². The summed E-state index contributed by atoms with van der Waals surface area (Å²) in [4.78, 5) is 0. The standard InChI is InChI=1S/C12H12FN3O/c1-2-7-16-12(11(8-17)14-15-16)9-3-5-10(13)6-4-9/h2-6,17H,1,7-8H2. The van der Waals surface area contributed by atoms with Crippen LogP contribution in [0.4, 0.5) is 4.39 Å². The number of hydrogen-bond donors (Lipinski definition) is 1. The van der Waals surface area contributed by atoms with Crippen molar-refractivity contribution in [3.63, 3.8) is 0 Å². The molecule has 0 saturated carbocycles. The van der Waals surface area contributed by atoms with Crippen LogP contribution in [0, 0.1) is 5.82 Å². The van der Waals surface area contributed by atoms with Crippen LogP contribution in [-0.2, 0) is 13.2 Å². The van der Waals surface area contributed by atoms with Crippen LogP contribution >= 0.6 is 0 Å². The van der Waals surface area contributed by atoms with Crippen molar-refractivity contribution in [2.75, 3.05) is 0 Å². The molecule has 0 unspecified atom stereocenters. The molecule has 2 rings (SSSR count). The number of hydrogen-bond acceptors (Lipinski definition) is 3. The maximum atomic E-state index is 12.9. The first kappa shape index (κ1) is 11.5. The Kier molecular flexibility index (Phi) is 3.30. The minimum atomic E-state index is -0.304. The van der Waals surface area contributed by atoms with Crippen LogP contribution < -0.4 is 0 Å². The Balaban J connectivity index is 2.51. The van der Waals surface area contributed by atoms with Gasteiger partial charge in [-0.2, -0.15) is 0 Å². The van der Waals surface area contributed by atoms with Crippen LogP contribution in [0.2, 0.25) is 0 Å². The molecule has 0 radical (unpaired) electrons. The van der Waals surface area contributed by atoms with Gasteiger partial charge in [-0.3, -0.25) is 0 Å². The summed E-state index contributed by atoms with van der Waals surface area (Å²) in [6, 6.07) is 5.99. The molecule has 1 heterocycles. The molecule has 1 N–H and O–H groups in total. The van der Waals surface area contributed by atoms with E-state index >= 15 is 0 Å². The predicted molar refractivity (Wildman–Crippen MR) is 61.5 cm³/mol. The van der Waals surface area contributed by atoms with Gasteiger partial charge in [-0.1, -0.05) is 11.3 Å². The second-order valence-electron chi connectivity index (χ2n) is 3.52. The number of benzene rings is 1. The van der Waals surface area contributed by atoms with Crippen LogP contribution in [0.1, 0.15) is 5.69 Å². The highest BCUT2D eigenvalue weighted by molar-refractivity contribution is 5.61. The first-order valence-electron chi connectivity index (χ1n) is 5.16. The number of rotatable bonds is 4. The lowest BCUT2D eigenvalue weighted by atomic mass is 10.1. The van der Waals surface area contributed by atoms with Crippen molar-refractivity contribution in [1.82, 2.24) is 15.0 Å². The molecule has 0 saturated heterocycles. The van der Waals surface area contributed by atoms with Gasteiger partial charge >= 0.3 is 0 Å². The van der Waals surface area contributed by atoms with Crippen LogP contribution in [-0.4, -0.2) is 20.1 Å². The van der Waals surface area contributed by atoms with Crippen molar-refractivity contribution >= 4 is 0 Å². The van der Waals surface area contributed by atoms with Crippen LogP contribution in [0.25, 0.3) is 11.3 Å². The Bertz CT molecular complexity index is 519. The van der Waals surface area contributed by atoms with Gasteiger partial charge in [0.05, 0.1) is 18.8 Å². The SMILES string of the molecule is C=CCn1nnc(CO)c1-c1ccc(F)cc1. The van der Waals surface area contributed by atoms with E-state index in [4.69, 9.17) is 0 Å². The van der Waals surface area contributed by atoms with Crippen molar-refractivity contribution in [3.8, 4) is 11.3 Å². The van der Waals surface area contributed by atoms with E-state index in [1.807, 2.05) is 0 Å². The van der Waals surface area contributed by atoms with Crippen LogP contribution in [0.3, 0.4) is 0 Å². The number of halogens is 1. The lowest BCUT2D eigenvalue weighted by molar-refractivity contribution is 0.277. The van der Waals surface area contributed by atoms with Crippen molar-refractivity contribution in [2.24, 2.45) is 0 Å². The molecule has 0 atom stereocenters. The summed E-state index contributed by atoms with van der Waals surface area (Å²) < 4.78 is 14.5. The Morgan fingerprint density at radius 1 is 1.35 bits per heavy atom. The second-order valence-corrected chi connectivity index (χ2v) is 3.52. The van der Waals surface area contributed by atoms with Crippen molar-refractivity contribution in [1.29, 1.82) is 0 Å². The Labute approximate surface area is 98.0 Å². The molecule has 17 heavy (non-hydrogen) atoms. The molecule has 2 aromatic rings. The largest absolute Gasteiger partial charge is 0.390 e. The molecule has 1 aromatic heterocycles. The van der Waals surface area contributed by atoms with E-state index in [-0.39, 0.29) is 12.4 Å². The second kappa shape index (κ2) is 4.88. The average Bonchev–Trinajstić information content (AvgIpc) is 2.74. The zero-order valence-corrected chi connectivity index (χ0v) is 9.17. The molecule has 0 aliphatic carbocycles. The van der Waals surface area contributed by atoms with Gasteiger partial charge in [-0.05, 0) is 24.3 Å². The van der Waals surface area contributed by atoms with Gasteiger partial charge in [0.25, 0.3) is 0 Å². The Morgan fingerprint density at radius 3 is 2.65 bits per heavy atom. The summed E-state index contributed by atoms with van der Waals surface area (Å²) in [5, 5.41) is 17.0. The van der Waals surface area contributed by atoms with Crippen LogP contribution in [0.15, 0.2) is 36.9 Å². The number of aliphatic hydroxyl groups excluding tert-OH is 1. The number of aromatic nitrogens is 3. The molecular weight excluding hydrogens is 221 g/mol. The van der Waals surface area contributed by atoms with Crippen LogP contribution in [0.5, 0.6) is 0 Å². The first-order chi connectivity index (χ1) is 8.26. The van der Waals surface area contributed by atoms with Crippen molar-refractivity contribution in [3.05, 3.63) is 48.4 Å². The molecule has 0 amide bonds. The molecule has 0 aliphatic heterocycles. The lowest BCUT2D eigenvalue weighted by Crippen LogP contribution is -2.01. The normalized spacial score (nSPS) is 10.5. The van der Waals surface area contributed by atoms with Gasteiger partial charge in [-0.15, -0.1) is 11.7 Å². The van der Waals surface area contributed by atoms with Gasteiger partial charge in [0.2, 0.25) is 0 Å². The molecule has 0 aliphatic rings.